The van der Waals surface area contributed by atoms with Crippen molar-refractivity contribution in [2.75, 3.05) is 7.11 Å². The molecule has 0 fully saturated rings. The molecule has 0 aliphatic carbocycles. The molecule has 0 aromatic carbocycles. The number of hydrogen-bond donors (Lipinski definition) is 0. The molecular weight excluding hydrogens is 354 g/mol. The number of hydrogen-bond acceptors (Lipinski definition) is 4. The van der Waals surface area contributed by atoms with E-state index in [0.29, 0.717) is 0 Å². The Balaban J connectivity index is 3.14. The lowest BCUT2D eigenvalue weighted by Gasteiger charge is -2.11. The highest BCUT2D eigenvalue weighted by Crippen LogP contribution is 2.25. The minimum absolute atomic E-state index is 0.114. The summed E-state index contributed by atoms with van der Waals surface area (Å²) < 4.78 is 44.4. The molecule has 0 aliphatic rings. The number of aryl methyl sites for hydroxylation is 1. The number of alkyl halides is 3. The molecule has 8 heteroatoms. The topological polar surface area (TPSA) is 48.4 Å². The molecule has 0 radical (unpaired) electrons. The second-order valence-electron chi connectivity index (χ2n) is 2.94. The van der Waals surface area contributed by atoms with Gasteiger partial charge in [0.15, 0.2) is 0 Å². The first-order chi connectivity index (χ1) is 7.74. The van der Waals surface area contributed by atoms with Crippen molar-refractivity contribution in [2.24, 2.45) is 0 Å². The van der Waals surface area contributed by atoms with Gasteiger partial charge in [-0.1, -0.05) is 0 Å². The van der Waals surface area contributed by atoms with Crippen molar-refractivity contribution in [1.29, 1.82) is 0 Å². The molecule has 17 heavy (non-hydrogen) atoms. The third-order valence-electron chi connectivity index (χ3n) is 1.74. The molecule has 0 N–H and O–H groups in total. The molecule has 0 saturated heterocycles. The van der Waals surface area contributed by atoms with Crippen LogP contribution in [0.25, 0.3) is 0 Å². The van der Waals surface area contributed by atoms with Crippen LogP contribution >= 0.6 is 22.6 Å². The Morgan fingerprint density at radius 1 is 1.47 bits per heavy atom. The maximum Gasteiger partial charge on any atom is 0.574 e. The fourth-order valence-corrected chi connectivity index (χ4v) is 2.00. The predicted octanol–water partition coefficient (Wildman–Crippen LogP) is 2.68. The number of rotatable bonds is 2. The third kappa shape index (κ3) is 3.72. The highest BCUT2D eigenvalue weighted by Gasteiger charge is 2.32. The molecule has 4 nitrogen and oxygen atoms in total. The van der Waals surface area contributed by atoms with Gasteiger partial charge in [-0.2, -0.15) is 0 Å². The van der Waals surface area contributed by atoms with E-state index in [1.54, 1.807) is 22.6 Å². The third-order valence-corrected chi connectivity index (χ3v) is 2.59. The van der Waals surface area contributed by atoms with Gasteiger partial charge in [-0.05, 0) is 29.5 Å². The van der Waals surface area contributed by atoms with Crippen molar-refractivity contribution < 1.29 is 27.4 Å². The number of halogens is 4. The zero-order valence-electron chi connectivity index (χ0n) is 8.76. The van der Waals surface area contributed by atoms with Crippen LogP contribution in [0.1, 0.15) is 16.1 Å². The van der Waals surface area contributed by atoms with Crippen LogP contribution in [0.3, 0.4) is 0 Å². The number of methoxy groups -OCH3 is 1. The fraction of sp³-hybridized carbons (Fsp3) is 0.333. The summed E-state index contributed by atoms with van der Waals surface area (Å²) in [6.07, 6.45) is -4.81. The molecule has 0 spiro atoms. The summed E-state index contributed by atoms with van der Waals surface area (Å²) in [7, 11) is 1.18. The van der Waals surface area contributed by atoms with Crippen molar-refractivity contribution in [3.05, 3.63) is 20.9 Å². The SMILES string of the molecule is COC(=O)c1c(I)cc(OC(F)(F)F)nc1C. The molecule has 0 aliphatic heterocycles. The Morgan fingerprint density at radius 3 is 2.47 bits per heavy atom. The molecular formula is C9H7F3INO3. The van der Waals surface area contributed by atoms with Crippen molar-refractivity contribution >= 4 is 28.6 Å². The Morgan fingerprint density at radius 2 is 2.06 bits per heavy atom. The first kappa shape index (κ1) is 14.0. The highest BCUT2D eigenvalue weighted by atomic mass is 127. The van der Waals surface area contributed by atoms with Crippen molar-refractivity contribution in [3.63, 3.8) is 0 Å². The minimum atomic E-state index is -4.81. The number of pyridine rings is 1. The maximum absolute atomic E-state index is 12.0. The van der Waals surface area contributed by atoms with Crippen LogP contribution in [0, 0.1) is 10.5 Å². The average molecular weight is 361 g/mol. The predicted molar refractivity (Wildman–Crippen MR) is 59.7 cm³/mol. The van der Waals surface area contributed by atoms with E-state index in [4.69, 9.17) is 0 Å². The lowest BCUT2D eigenvalue weighted by molar-refractivity contribution is -0.276. The van der Waals surface area contributed by atoms with Crippen LogP contribution < -0.4 is 4.74 Å². The Hall–Kier alpha value is -1.06. The van der Waals surface area contributed by atoms with Gasteiger partial charge in [-0.15, -0.1) is 13.2 Å². The molecule has 0 bridgehead atoms. The summed E-state index contributed by atoms with van der Waals surface area (Å²) in [4.78, 5) is 14.9. The number of esters is 1. The molecule has 0 saturated carbocycles. The number of carbonyl (C=O) groups excluding carboxylic acids is 1. The summed E-state index contributed by atoms with van der Waals surface area (Å²) in [5, 5.41) is 0. The number of nitrogens with zero attached hydrogens (tertiary/aromatic N) is 1. The Labute approximate surface area is 108 Å². The maximum atomic E-state index is 12.0. The normalized spacial score (nSPS) is 11.2. The number of carbonyl (C=O) groups is 1. The Bertz CT molecular complexity index is 425. The van der Waals surface area contributed by atoms with Crippen molar-refractivity contribution in [1.82, 2.24) is 4.98 Å². The van der Waals surface area contributed by atoms with Crippen LogP contribution in [0.4, 0.5) is 13.2 Å². The van der Waals surface area contributed by atoms with Crippen molar-refractivity contribution in [3.8, 4) is 5.88 Å². The van der Waals surface area contributed by atoms with E-state index in [-0.39, 0.29) is 14.8 Å². The van der Waals surface area contributed by atoms with Gasteiger partial charge in [0.05, 0.1) is 18.4 Å². The summed E-state index contributed by atoms with van der Waals surface area (Å²) in [6, 6.07) is 1.02. The van der Waals surface area contributed by atoms with E-state index >= 15 is 0 Å². The van der Waals surface area contributed by atoms with Crippen LogP contribution in [-0.2, 0) is 4.74 Å². The van der Waals surface area contributed by atoms with Crippen molar-refractivity contribution in [2.45, 2.75) is 13.3 Å². The van der Waals surface area contributed by atoms with Gasteiger partial charge >= 0.3 is 12.3 Å². The zero-order valence-corrected chi connectivity index (χ0v) is 10.9. The summed E-state index contributed by atoms with van der Waals surface area (Å²) in [6.45, 7) is 1.40. The standard InChI is InChI=1S/C9H7F3INO3/c1-4-7(8(15)16-2)5(13)3-6(14-4)17-9(10,11)12/h3H,1-2H3. The van der Waals surface area contributed by atoms with Gasteiger partial charge in [0.1, 0.15) is 0 Å². The summed E-state index contributed by atoms with van der Waals surface area (Å²) >= 11 is 1.71. The second-order valence-corrected chi connectivity index (χ2v) is 4.10. The molecule has 0 amide bonds. The zero-order chi connectivity index (χ0) is 13.2. The first-order valence-electron chi connectivity index (χ1n) is 4.26. The molecule has 0 unspecified atom stereocenters. The lowest BCUT2D eigenvalue weighted by Crippen LogP contribution is -2.19. The molecule has 0 atom stereocenters. The smallest absolute Gasteiger partial charge is 0.465 e. The van der Waals surface area contributed by atoms with Crippen LogP contribution in [0.5, 0.6) is 5.88 Å². The fourth-order valence-electron chi connectivity index (χ4n) is 1.12. The molecule has 94 valence electrons. The largest absolute Gasteiger partial charge is 0.574 e. The van der Waals surface area contributed by atoms with Gasteiger partial charge in [0.2, 0.25) is 5.88 Å². The van der Waals surface area contributed by atoms with Crippen LogP contribution in [0.15, 0.2) is 6.07 Å². The quantitative estimate of drug-likeness (QED) is 0.601. The van der Waals surface area contributed by atoms with E-state index in [2.05, 4.69) is 14.5 Å². The minimum Gasteiger partial charge on any atom is -0.465 e. The summed E-state index contributed by atoms with van der Waals surface area (Å²) in [5.74, 6) is -1.26. The number of ether oxygens (including phenoxy) is 2. The van der Waals surface area contributed by atoms with Gasteiger partial charge < -0.3 is 9.47 Å². The second kappa shape index (κ2) is 5.07. The van der Waals surface area contributed by atoms with E-state index < -0.39 is 18.2 Å². The van der Waals surface area contributed by atoms with E-state index in [9.17, 15) is 18.0 Å². The molecule has 1 aromatic rings. The highest BCUT2D eigenvalue weighted by molar-refractivity contribution is 14.1. The average Bonchev–Trinajstić information content (AvgIpc) is 2.13. The lowest BCUT2D eigenvalue weighted by atomic mass is 10.2. The summed E-state index contributed by atoms with van der Waals surface area (Å²) in [5.41, 5.74) is 0.241. The first-order valence-corrected chi connectivity index (χ1v) is 5.33. The Kier molecular flexibility index (Phi) is 4.17. The van der Waals surface area contributed by atoms with Crippen LogP contribution in [-0.4, -0.2) is 24.4 Å². The van der Waals surface area contributed by atoms with Crippen LogP contribution in [0.2, 0.25) is 0 Å². The van der Waals surface area contributed by atoms with Gasteiger partial charge in [-0.25, -0.2) is 9.78 Å². The molecule has 1 heterocycles. The van der Waals surface area contributed by atoms with Gasteiger partial charge in [0, 0.05) is 9.64 Å². The monoisotopic (exact) mass is 361 g/mol. The molecule has 1 aromatic heterocycles. The van der Waals surface area contributed by atoms with Gasteiger partial charge in [-0.3, -0.25) is 0 Å². The molecule has 1 rings (SSSR count). The van der Waals surface area contributed by atoms with E-state index in [0.717, 1.165) is 6.07 Å². The van der Waals surface area contributed by atoms with Gasteiger partial charge in [0.25, 0.3) is 0 Å². The van der Waals surface area contributed by atoms with E-state index in [1.807, 2.05) is 0 Å². The number of aromatic nitrogens is 1. The van der Waals surface area contributed by atoms with E-state index in [1.165, 1.54) is 14.0 Å².